The molecule has 84 valence electrons. The van der Waals surface area contributed by atoms with Crippen molar-refractivity contribution in [3.63, 3.8) is 0 Å². The van der Waals surface area contributed by atoms with Gasteiger partial charge in [-0.25, -0.2) is 0 Å². The molecule has 0 saturated carbocycles. The smallest absolute Gasteiger partial charge is 0.291 e. The first-order chi connectivity index (χ1) is 8.06. The van der Waals surface area contributed by atoms with Crippen LogP contribution in [0.2, 0.25) is 0 Å². The fourth-order valence-electron chi connectivity index (χ4n) is 1.63. The van der Waals surface area contributed by atoms with Crippen LogP contribution in [-0.4, -0.2) is 23.2 Å². The van der Waals surface area contributed by atoms with E-state index in [0.717, 1.165) is 11.0 Å². The molecule has 0 aromatic heterocycles. The van der Waals surface area contributed by atoms with Crippen molar-refractivity contribution in [1.29, 1.82) is 5.26 Å². The normalized spacial score (nSPS) is 13.5. The number of amides is 1. The van der Waals surface area contributed by atoms with Gasteiger partial charge in [0, 0.05) is 12.1 Å². The van der Waals surface area contributed by atoms with Gasteiger partial charge in [0.05, 0.1) is 22.2 Å². The first-order valence-corrected chi connectivity index (χ1v) is 4.58. The zero-order chi connectivity index (χ0) is 12.6. The highest BCUT2D eigenvalue weighted by atomic mass is 16.6. The number of nitro benzene ring substituents is 1. The Labute approximate surface area is 95.0 Å². The van der Waals surface area contributed by atoms with Crippen molar-refractivity contribution in [2.45, 2.75) is 0 Å². The van der Waals surface area contributed by atoms with E-state index in [1.54, 1.807) is 6.07 Å². The maximum Gasteiger partial charge on any atom is 0.300 e. The van der Waals surface area contributed by atoms with Crippen LogP contribution in [0.1, 0.15) is 10.4 Å². The monoisotopic (exact) mass is 231 g/mol. The second-order valence-electron chi connectivity index (χ2n) is 3.34. The maximum atomic E-state index is 11.5. The highest BCUT2D eigenvalue weighted by Gasteiger charge is 2.36. The lowest BCUT2D eigenvalue weighted by molar-refractivity contribution is -0.384. The average molecular weight is 231 g/mol. The van der Waals surface area contributed by atoms with Crippen LogP contribution >= 0.6 is 0 Å². The van der Waals surface area contributed by atoms with Crippen molar-refractivity contribution in [2.75, 3.05) is 11.4 Å². The van der Waals surface area contributed by atoms with Crippen molar-refractivity contribution in [3.05, 3.63) is 33.9 Å². The van der Waals surface area contributed by atoms with Crippen molar-refractivity contribution >= 4 is 23.1 Å². The molecule has 1 aromatic rings. The summed E-state index contributed by atoms with van der Waals surface area (Å²) in [4.78, 5) is 33.9. The van der Waals surface area contributed by atoms with Crippen LogP contribution in [0.3, 0.4) is 0 Å². The Morgan fingerprint density at radius 3 is 2.71 bits per heavy atom. The molecule has 0 bridgehead atoms. The summed E-state index contributed by atoms with van der Waals surface area (Å²) in [5.41, 5.74) is -0.0460. The van der Waals surface area contributed by atoms with Crippen LogP contribution < -0.4 is 4.90 Å². The number of hydrogen-bond donors (Lipinski definition) is 0. The van der Waals surface area contributed by atoms with E-state index in [-0.39, 0.29) is 23.5 Å². The molecule has 1 heterocycles. The summed E-state index contributed by atoms with van der Waals surface area (Å²) < 4.78 is 0. The number of nitrogens with zero attached hydrogens (tertiary/aromatic N) is 3. The number of non-ortho nitro benzene ring substituents is 1. The van der Waals surface area contributed by atoms with Gasteiger partial charge in [-0.1, -0.05) is 0 Å². The maximum absolute atomic E-state index is 11.5. The molecule has 0 spiro atoms. The second-order valence-corrected chi connectivity index (χ2v) is 3.34. The number of fused-ring (bicyclic) bond motifs is 1. The van der Waals surface area contributed by atoms with E-state index in [1.165, 1.54) is 12.1 Å². The minimum atomic E-state index is -0.831. The lowest BCUT2D eigenvalue weighted by atomic mass is 10.1. The number of nitriles is 1. The molecule has 0 radical (unpaired) electrons. The Kier molecular flexibility index (Phi) is 2.33. The first kappa shape index (κ1) is 10.8. The molecule has 7 nitrogen and oxygen atoms in total. The van der Waals surface area contributed by atoms with Gasteiger partial charge in [-0.3, -0.25) is 24.6 Å². The van der Waals surface area contributed by atoms with Crippen LogP contribution in [-0.2, 0) is 4.79 Å². The van der Waals surface area contributed by atoms with Gasteiger partial charge in [0.25, 0.3) is 17.4 Å². The molecule has 0 saturated heterocycles. The van der Waals surface area contributed by atoms with Gasteiger partial charge in [0.2, 0.25) is 0 Å². The summed E-state index contributed by atoms with van der Waals surface area (Å²) in [5, 5.41) is 19.1. The molecule has 0 N–H and O–H groups in total. The van der Waals surface area contributed by atoms with Gasteiger partial charge in [-0.15, -0.1) is 0 Å². The van der Waals surface area contributed by atoms with Crippen molar-refractivity contribution in [3.8, 4) is 6.07 Å². The molecule has 1 aliphatic heterocycles. The van der Waals surface area contributed by atoms with E-state index in [4.69, 9.17) is 5.26 Å². The highest BCUT2D eigenvalue weighted by Crippen LogP contribution is 2.31. The molecule has 0 atom stereocenters. The number of benzene rings is 1. The van der Waals surface area contributed by atoms with Crippen LogP contribution in [0.4, 0.5) is 11.4 Å². The molecule has 1 aromatic carbocycles. The number of anilines is 1. The third kappa shape index (κ3) is 1.52. The average Bonchev–Trinajstić information content (AvgIpc) is 2.54. The summed E-state index contributed by atoms with van der Waals surface area (Å²) in [6, 6.07) is 5.30. The molecular weight excluding hydrogens is 226 g/mol. The molecule has 17 heavy (non-hydrogen) atoms. The van der Waals surface area contributed by atoms with E-state index < -0.39 is 16.6 Å². The lowest BCUT2D eigenvalue weighted by Crippen LogP contribution is -2.29. The predicted molar refractivity (Wildman–Crippen MR) is 55.4 cm³/mol. The SMILES string of the molecule is N#CCN1C(=O)C(=O)c2cc([N+](=O)[O-])ccc21. The minimum absolute atomic E-state index is 0.0283. The fraction of sp³-hybridized carbons (Fsp3) is 0.100. The molecule has 7 heteroatoms. The highest BCUT2D eigenvalue weighted by molar-refractivity contribution is 6.52. The molecule has 1 amide bonds. The Morgan fingerprint density at radius 1 is 1.41 bits per heavy atom. The number of Topliss-reactive ketones (excluding diaryl/α,β-unsaturated/α-hetero) is 1. The van der Waals surface area contributed by atoms with E-state index in [9.17, 15) is 19.7 Å². The van der Waals surface area contributed by atoms with Crippen molar-refractivity contribution < 1.29 is 14.5 Å². The van der Waals surface area contributed by atoms with Gasteiger partial charge >= 0.3 is 0 Å². The lowest BCUT2D eigenvalue weighted by Gasteiger charge is -2.10. The zero-order valence-corrected chi connectivity index (χ0v) is 8.41. The van der Waals surface area contributed by atoms with Crippen LogP contribution in [0.25, 0.3) is 0 Å². The Bertz CT molecular complexity index is 588. The summed E-state index contributed by atoms with van der Waals surface area (Å²) in [7, 11) is 0. The summed E-state index contributed by atoms with van der Waals surface area (Å²) in [6.07, 6.45) is 0. The Morgan fingerprint density at radius 2 is 2.12 bits per heavy atom. The Hall–Kier alpha value is -2.75. The van der Waals surface area contributed by atoms with Gasteiger partial charge in [0.1, 0.15) is 6.54 Å². The van der Waals surface area contributed by atoms with Crippen molar-refractivity contribution in [2.24, 2.45) is 0 Å². The van der Waals surface area contributed by atoms with Crippen LogP contribution in [0.5, 0.6) is 0 Å². The van der Waals surface area contributed by atoms with E-state index in [0.29, 0.717) is 0 Å². The number of nitro groups is 1. The van der Waals surface area contributed by atoms with Gasteiger partial charge in [0.15, 0.2) is 0 Å². The minimum Gasteiger partial charge on any atom is -0.291 e. The molecular formula is C10H5N3O4. The Balaban J connectivity index is 2.55. The molecule has 2 rings (SSSR count). The zero-order valence-electron chi connectivity index (χ0n) is 8.41. The predicted octanol–water partition coefficient (Wildman–Crippen LogP) is 0.648. The summed E-state index contributed by atoms with van der Waals surface area (Å²) in [6.45, 7) is -0.255. The standard InChI is InChI=1S/C10H5N3O4/c11-3-4-12-8-2-1-6(13(16)17)5-7(8)9(14)10(12)15/h1-2,5H,4H2. The number of rotatable bonds is 2. The largest absolute Gasteiger partial charge is 0.300 e. The number of hydrogen-bond acceptors (Lipinski definition) is 5. The summed E-state index contributed by atoms with van der Waals surface area (Å²) in [5.74, 6) is -1.65. The van der Waals surface area contributed by atoms with Gasteiger partial charge < -0.3 is 0 Å². The number of carbonyl (C=O) groups excluding carboxylic acids is 2. The quantitative estimate of drug-likeness (QED) is 0.321. The fourth-order valence-corrected chi connectivity index (χ4v) is 1.63. The molecule has 1 aliphatic rings. The van der Waals surface area contributed by atoms with Gasteiger partial charge in [-0.05, 0) is 6.07 Å². The number of carbonyl (C=O) groups is 2. The van der Waals surface area contributed by atoms with Gasteiger partial charge in [-0.2, -0.15) is 5.26 Å². The first-order valence-electron chi connectivity index (χ1n) is 4.58. The second kappa shape index (κ2) is 3.68. The number of ketones is 1. The van der Waals surface area contributed by atoms with Crippen molar-refractivity contribution in [1.82, 2.24) is 0 Å². The summed E-state index contributed by atoms with van der Waals surface area (Å²) >= 11 is 0. The van der Waals surface area contributed by atoms with Crippen LogP contribution in [0, 0.1) is 21.4 Å². The topological polar surface area (TPSA) is 104 Å². The third-order valence-corrected chi connectivity index (χ3v) is 2.39. The molecule has 0 fully saturated rings. The van der Waals surface area contributed by atoms with E-state index in [1.807, 2.05) is 0 Å². The third-order valence-electron chi connectivity index (χ3n) is 2.39. The molecule has 0 unspecified atom stereocenters. The molecule has 0 aliphatic carbocycles. The van der Waals surface area contributed by atoms with E-state index in [2.05, 4.69) is 0 Å². The van der Waals surface area contributed by atoms with Crippen LogP contribution in [0.15, 0.2) is 18.2 Å². The van der Waals surface area contributed by atoms with E-state index >= 15 is 0 Å².